The number of nitrogens with one attached hydrogen (secondary N) is 1. The van der Waals surface area contributed by atoms with Crippen LogP contribution in [-0.4, -0.2) is 30.9 Å². The quantitative estimate of drug-likeness (QED) is 0.797. The van der Waals surface area contributed by atoms with E-state index in [9.17, 15) is 9.90 Å². The van der Waals surface area contributed by atoms with Gasteiger partial charge in [-0.25, -0.2) is 4.79 Å². The molecular formula is C22H20N2O2S. The van der Waals surface area contributed by atoms with Gasteiger partial charge in [-0.05, 0) is 63.6 Å². The maximum atomic E-state index is 11.8. The van der Waals surface area contributed by atoms with Crippen LogP contribution < -0.4 is 4.90 Å². The van der Waals surface area contributed by atoms with Crippen molar-refractivity contribution in [2.24, 2.45) is 0 Å². The van der Waals surface area contributed by atoms with Crippen molar-refractivity contribution >= 4 is 34.3 Å². The second-order valence-electron chi connectivity index (χ2n) is 7.03. The van der Waals surface area contributed by atoms with Gasteiger partial charge in [-0.1, -0.05) is 19.1 Å². The van der Waals surface area contributed by atoms with E-state index in [1.165, 1.54) is 11.3 Å². The molecule has 0 spiro atoms. The monoisotopic (exact) mass is 376 g/mol. The lowest BCUT2D eigenvalue weighted by atomic mass is 9.72. The van der Waals surface area contributed by atoms with Crippen LogP contribution in [0.2, 0.25) is 0 Å². The van der Waals surface area contributed by atoms with Crippen LogP contribution in [0.4, 0.5) is 5.69 Å². The third-order valence-corrected chi connectivity index (χ3v) is 6.11. The SMILES string of the molecule is CC1C2=CC(=N)C=CC2=C(c2ccsc2C(=O)O)c2ccc(N(C)C)cc21. The van der Waals surface area contributed by atoms with E-state index in [4.69, 9.17) is 5.41 Å². The van der Waals surface area contributed by atoms with E-state index in [2.05, 4.69) is 30.0 Å². The minimum absolute atomic E-state index is 0.135. The zero-order valence-corrected chi connectivity index (χ0v) is 16.2. The number of carbonyl (C=O) groups is 1. The van der Waals surface area contributed by atoms with E-state index in [1.54, 1.807) is 6.08 Å². The number of hydrogen-bond acceptors (Lipinski definition) is 4. The van der Waals surface area contributed by atoms with Gasteiger partial charge < -0.3 is 15.4 Å². The minimum atomic E-state index is -0.906. The fourth-order valence-corrected chi connectivity index (χ4v) is 4.58. The Kier molecular flexibility index (Phi) is 4.12. The number of nitrogens with zero attached hydrogens (tertiary/aromatic N) is 1. The third kappa shape index (κ3) is 2.75. The van der Waals surface area contributed by atoms with Gasteiger partial charge in [0.2, 0.25) is 0 Å². The highest BCUT2D eigenvalue weighted by Crippen LogP contribution is 2.48. The normalized spacial score (nSPS) is 18.1. The summed E-state index contributed by atoms with van der Waals surface area (Å²) in [4.78, 5) is 14.2. The van der Waals surface area contributed by atoms with Gasteiger partial charge in [-0.15, -0.1) is 11.3 Å². The zero-order valence-electron chi connectivity index (χ0n) is 15.4. The molecule has 1 aromatic heterocycles. The third-order valence-electron chi connectivity index (χ3n) is 5.20. The van der Waals surface area contributed by atoms with Crippen LogP contribution in [-0.2, 0) is 0 Å². The van der Waals surface area contributed by atoms with Crippen molar-refractivity contribution in [3.63, 3.8) is 0 Å². The molecule has 2 aromatic rings. The summed E-state index contributed by atoms with van der Waals surface area (Å²) in [5.74, 6) is -0.771. The minimum Gasteiger partial charge on any atom is -0.477 e. The summed E-state index contributed by atoms with van der Waals surface area (Å²) in [5, 5.41) is 19.5. The largest absolute Gasteiger partial charge is 0.477 e. The average Bonchev–Trinajstić information content (AvgIpc) is 3.12. The molecule has 27 heavy (non-hydrogen) atoms. The number of anilines is 1. The van der Waals surface area contributed by atoms with Crippen LogP contribution in [0.5, 0.6) is 0 Å². The van der Waals surface area contributed by atoms with Crippen LogP contribution in [0.15, 0.2) is 59.0 Å². The van der Waals surface area contributed by atoms with E-state index in [1.807, 2.05) is 37.7 Å². The first-order valence-electron chi connectivity index (χ1n) is 8.74. The van der Waals surface area contributed by atoms with E-state index in [0.717, 1.165) is 39.1 Å². The summed E-state index contributed by atoms with van der Waals surface area (Å²) in [5.41, 5.74) is 7.59. The molecule has 0 aliphatic heterocycles. The number of hydrogen-bond donors (Lipinski definition) is 2. The lowest BCUT2D eigenvalue weighted by Crippen LogP contribution is -2.17. The number of aromatic carboxylic acids is 1. The molecule has 0 saturated heterocycles. The molecule has 1 heterocycles. The molecule has 4 rings (SSSR count). The molecule has 0 bridgehead atoms. The molecular weight excluding hydrogens is 356 g/mol. The first-order valence-corrected chi connectivity index (χ1v) is 9.62. The molecule has 2 aliphatic rings. The lowest BCUT2D eigenvalue weighted by Gasteiger charge is -2.32. The molecule has 1 unspecified atom stereocenters. The summed E-state index contributed by atoms with van der Waals surface area (Å²) in [6.45, 7) is 2.15. The molecule has 1 aromatic carbocycles. The Morgan fingerprint density at radius 2 is 1.96 bits per heavy atom. The average molecular weight is 376 g/mol. The van der Waals surface area contributed by atoms with Crippen molar-refractivity contribution < 1.29 is 9.90 Å². The number of benzene rings is 1. The van der Waals surface area contributed by atoms with Crippen molar-refractivity contribution in [1.82, 2.24) is 0 Å². The van der Waals surface area contributed by atoms with Crippen LogP contribution >= 0.6 is 11.3 Å². The van der Waals surface area contributed by atoms with Crippen molar-refractivity contribution in [2.75, 3.05) is 19.0 Å². The number of fused-ring (bicyclic) bond motifs is 2. The van der Waals surface area contributed by atoms with E-state index < -0.39 is 5.97 Å². The van der Waals surface area contributed by atoms with Crippen molar-refractivity contribution in [3.05, 3.63) is 80.6 Å². The smallest absolute Gasteiger partial charge is 0.346 e. The highest BCUT2D eigenvalue weighted by atomic mass is 32.1. The lowest BCUT2D eigenvalue weighted by molar-refractivity contribution is 0.0702. The fourth-order valence-electron chi connectivity index (χ4n) is 3.84. The van der Waals surface area contributed by atoms with Crippen LogP contribution in [0.3, 0.4) is 0 Å². The number of carboxylic acid groups (broad SMARTS) is 1. The van der Waals surface area contributed by atoms with Gasteiger partial charge in [0, 0.05) is 31.3 Å². The van der Waals surface area contributed by atoms with Gasteiger partial charge in [0.05, 0.1) is 5.71 Å². The number of rotatable bonds is 3. The molecule has 2 aliphatic carbocycles. The number of allylic oxidation sites excluding steroid dienone is 5. The molecule has 4 nitrogen and oxygen atoms in total. The topological polar surface area (TPSA) is 64.4 Å². The van der Waals surface area contributed by atoms with Crippen molar-refractivity contribution in [3.8, 4) is 0 Å². The second kappa shape index (κ2) is 6.35. The number of carboxylic acids is 1. The summed E-state index contributed by atoms with van der Waals surface area (Å²) < 4.78 is 0. The van der Waals surface area contributed by atoms with Gasteiger partial charge in [-0.2, -0.15) is 0 Å². The predicted molar refractivity (Wildman–Crippen MR) is 111 cm³/mol. The summed E-state index contributed by atoms with van der Waals surface area (Å²) in [6.07, 6.45) is 5.63. The first kappa shape index (κ1) is 17.5. The molecule has 0 radical (unpaired) electrons. The fraction of sp³-hybridized carbons (Fsp3) is 0.182. The molecule has 0 saturated carbocycles. The molecule has 0 fully saturated rings. The van der Waals surface area contributed by atoms with Gasteiger partial charge in [0.15, 0.2) is 0 Å². The summed E-state index contributed by atoms with van der Waals surface area (Å²) >= 11 is 1.25. The second-order valence-corrected chi connectivity index (χ2v) is 7.95. The maximum Gasteiger partial charge on any atom is 0.346 e. The van der Waals surface area contributed by atoms with Crippen LogP contribution in [0, 0.1) is 5.41 Å². The van der Waals surface area contributed by atoms with E-state index in [-0.39, 0.29) is 5.92 Å². The molecule has 1 atom stereocenters. The van der Waals surface area contributed by atoms with Crippen molar-refractivity contribution in [1.29, 1.82) is 5.41 Å². The number of thiophene rings is 1. The zero-order chi connectivity index (χ0) is 19.3. The Morgan fingerprint density at radius 3 is 2.67 bits per heavy atom. The standard InChI is InChI=1S/C22H20N2O2S/c1-12-18-10-13(23)4-6-15(18)20(17-8-9-27-21(17)22(25)26)16-7-5-14(24(2)3)11-19(12)16/h4-12,23H,1-3H3,(H,25,26). The molecule has 5 heteroatoms. The Hall–Kier alpha value is -2.92. The van der Waals surface area contributed by atoms with Crippen molar-refractivity contribution in [2.45, 2.75) is 12.8 Å². The van der Waals surface area contributed by atoms with Crippen LogP contribution in [0.1, 0.15) is 39.2 Å². The van der Waals surface area contributed by atoms with Gasteiger partial charge >= 0.3 is 5.97 Å². The van der Waals surface area contributed by atoms with E-state index in [0.29, 0.717) is 10.6 Å². The molecule has 136 valence electrons. The molecule has 2 N–H and O–H groups in total. The predicted octanol–water partition coefficient (Wildman–Crippen LogP) is 4.95. The first-order chi connectivity index (χ1) is 12.9. The summed E-state index contributed by atoms with van der Waals surface area (Å²) in [6, 6.07) is 8.23. The Morgan fingerprint density at radius 1 is 1.19 bits per heavy atom. The Balaban J connectivity index is 2.06. The van der Waals surface area contributed by atoms with Crippen LogP contribution in [0.25, 0.3) is 5.57 Å². The Bertz CT molecular complexity index is 1070. The Labute approximate surface area is 162 Å². The molecule has 0 amide bonds. The maximum absolute atomic E-state index is 11.8. The van der Waals surface area contributed by atoms with Gasteiger partial charge in [0.1, 0.15) is 4.88 Å². The van der Waals surface area contributed by atoms with E-state index >= 15 is 0 Å². The van der Waals surface area contributed by atoms with Gasteiger partial charge in [0.25, 0.3) is 0 Å². The summed E-state index contributed by atoms with van der Waals surface area (Å²) in [7, 11) is 4.02. The highest BCUT2D eigenvalue weighted by Gasteiger charge is 2.31. The highest BCUT2D eigenvalue weighted by molar-refractivity contribution is 7.12. The van der Waals surface area contributed by atoms with Gasteiger partial charge in [-0.3, -0.25) is 0 Å².